The van der Waals surface area contributed by atoms with E-state index in [-0.39, 0.29) is 0 Å². The van der Waals surface area contributed by atoms with E-state index in [1.54, 1.807) is 0 Å². The van der Waals surface area contributed by atoms with Crippen LogP contribution in [-0.4, -0.2) is 11.6 Å². The number of hydrogen-bond donors (Lipinski definition) is 1. The molecule has 2 rings (SSSR count). The van der Waals surface area contributed by atoms with Gasteiger partial charge in [-0.05, 0) is 12.5 Å². The van der Waals surface area contributed by atoms with Gasteiger partial charge in [-0.25, -0.2) is 0 Å². The van der Waals surface area contributed by atoms with E-state index >= 15 is 0 Å². The molecule has 1 aromatic carbocycles. The first-order valence-corrected chi connectivity index (χ1v) is 4.69. The average molecular weight is 186 g/mol. The number of benzene rings is 1. The van der Waals surface area contributed by atoms with Gasteiger partial charge in [-0.15, -0.1) is 0 Å². The van der Waals surface area contributed by atoms with Gasteiger partial charge in [0.05, 0.1) is 18.4 Å². The lowest BCUT2D eigenvalue weighted by Crippen LogP contribution is -1.90. The van der Waals surface area contributed by atoms with Crippen LogP contribution in [0.4, 0.5) is 0 Å². The molecule has 0 saturated heterocycles. The minimum Gasteiger partial charge on any atom is -0.492 e. The molecule has 1 radical (unpaired) electrons. The summed E-state index contributed by atoms with van der Waals surface area (Å²) in [5.74, 6) is 0.860. The summed E-state index contributed by atoms with van der Waals surface area (Å²) in [4.78, 5) is 2.93. The maximum absolute atomic E-state index is 5.47. The molecule has 0 aliphatic carbocycles. The van der Waals surface area contributed by atoms with Gasteiger partial charge in [0, 0.05) is 6.20 Å². The minimum atomic E-state index is 0.672. The Morgan fingerprint density at radius 1 is 1.29 bits per heavy atom. The summed E-state index contributed by atoms with van der Waals surface area (Å²) in [6, 6.07) is 10.1. The molecule has 2 aromatic rings. The molecule has 0 fully saturated rings. The molecule has 0 bridgehead atoms. The molecule has 71 valence electrons. The fourth-order valence-corrected chi connectivity index (χ4v) is 1.40. The van der Waals surface area contributed by atoms with Crippen molar-refractivity contribution in [1.29, 1.82) is 0 Å². The number of aromatic nitrogens is 1. The van der Waals surface area contributed by atoms with E-state index in [1.807, 2.05) is 43.5 Å². The van der Waals surface area contributed by atoms with Crippen LogP contribution in [0.5, 0.6) is 5.75 Å². The van der Waals surface area contributed by atoms with Gasteiger partial charge < -0.3 is 9.72 Å². The van der Waals surface area contributed by atoms with Crippen molar-refractivity contribution < 1.29 is 4.74 Å². The quantitative estimate of drug-likeness (QED) is 0.783. The second kappa shape index (κ2) is 4.01. The molecule has 0 aliphatic heterocycles. The highest BCUT2D eigenvalue weighted by Crippen LogP contribution is 2.28. The third-order valence-corrected chi connectivity index (χ3v) is 2.01. The molecule has 2 heteroatoms. The molecule has 1 aromatic heterocycles. The fraction of sp³-hybridized carbons (Fsp3) is 0.167. The van der Waals surface area contributed by atoms with Crippen molar-refractivity contribution in [2.75, 3.05) is 6.61 Å². The molecule has 0 aliphatic rings. The summed E-state index contributed by atoms with van der Waals surface area (Å²) in [6.07, 6.45) is 4.88. The Kier molecular flexibility index (Phi) is 2.54. The SMILES string of the molecule is CCOc1c[nH][c]c1-c1ccccc1. The fourth-order valence-electron chi connectivity index (χ4n) is 1.40. The lowest BCUT2D eigenvalue weighted by atomic mass is 10.1. The second-order valence-corrected chi connectivity index (χ2v) is 2.95. The van der Waals surface area contributed by atoms with Crippen molar-refractivity contribution in [3.63, 3.8) is 0 Å². The van der Waals surface area contributed by atoms with E-state index in [2.05, 4.69) is 11.2 Å². The van der Waals surface area contributed by atoms with E-state index in [9.17, 15) is 0 Å². The Morgan fingerprint density at radius 3 is 2.79 bits per heavy atom. The van der Waals surface area contributed by atoms with Crippen LogP contribution in [0.15, 0.2) is 36.5 Å². The Balaban J connectivity index is 2.37. The molecule has 0 spiro atoms. The van der Waals surface area contributed by atoms with E-state index < -0.39 is 0 Å². The Bertz CT molecular complexity index is 392. The number of nitrogens with one attached hydrogen (secondary N) is 1. The van der Waals surface area contributed by atoms with Gasteiger partial charge in [0.2, 0.25) is 0 Å². The molecular formula is C12H12NO. The van der Waals surface area contributed by atoms with E-state index in [0.29, 0.717) is 6.61 Å². The molecule has 1 N–H and O–H groups in total. The van der Waals surface area contributed by atoms with Gasteiger partial charge in [-0.1, -0.05) is 30.3 Å². The highest BCUT2D eigenvalue weighted by atomic mass is 16.5. The monoisotopic (exact) mass is 186 g/mol. The van der Waals surface area contributed by atoms with E-state index in [1.165, 1.54) is 0 Å². The topological polar surface area (TPSA) is 25.0 Å². The van der Waals surface area contributed by atoms with Gasteiger partial charge in [-0.3, -0.25) is 0 Å². The van der Waals surface area contributed by atoms with Crippen molar-refractivity contribution in [1.82, 2.24) is 4.98 Å². The predicted molar refractivity (Wildman–Crippen MR) is 56.2 cm³/mol. The zero-order valence-electron chi connectivity index (χ0n) is 8.08. The van der Waals surface area contributed by atoms with Crippen LogP contribution in [0.1, 0.15) is 6.92 Å². The molecule has 2 nitrogen and oxygen atoms in total. The maximum Gasteiger partial charge on any atom is 0.145 e. The molecule has 14 heavy (non-hydrogen) atoms. The van der Waals surface area contributed by atoms with Crippen LogP contribution in [0, 0.1) is 6.20 Å². The summed E-state index contributed by atoms with van der Waals surface area (Å²) in [7, 11) is 0. The molecule has 0 saturated carbocycles. The van der Waals surface area contributed by atoms with Crippen molar-refractivity contribution in [2.45, 2.75) is 6.92 Å². The van der Waals surface area contributed by atoms with Crippen LogP contribution in [0.25, 0.3) is 11.1 Å². The standard InChI is InChI=1S/C12H12NO/c1-2-14-12-9-13-8-11(12)10-6-4-3-5-7-10/h3-7,9,13H,2H2,1H3. The summed E-state index contributed by atoms with van der Waals surface area (Å²) in [5.41, 5.74) is 2.12. The smallest absolute Gasteiger partial charge is 0.145 e. The highest BCUT2D eigenvalue weighted by molar-refractivity contribution is 5.68. The Hall–Kier alpha value is -1.70. The minimum absolute atomic E-state index is 0.672. The highest BCUT2D eigenvalue weighted by Gasteiger charge is 2.06. The lowest BCUT2D eigenvalue weighted by molar-refractivity contribution is 0.342. The summed E-state index contributed by atoms with van der Waals surface area (Å²) < 4.78 is 5.47. The van der Waals surface area contributed by atoms with Gasteiger partial charge in [0.15, 0.2) is 0 Å². The predicted octanol–water partition coefficient (Wildman–Crippen LogP) is 2.88. The third-order valence-electron chi connectivity index (χ3n) is 2.01. The molecule has 0 amide bonds. The van der Waals surface area contributed by atoms with E-state index in [0.717, 1.165) is 16.9 Å². The molecule has 0 unspecified atom stereocenters. The maximum atomic E-state index is 5.47. The molecule has 1 heterocycles. The average Bonchev–Trinajstić information content (AvgIpc) is 2.68. The number of aromatic amines is 1. The normalized spacial score (nSPS) is 10.1. The van der Waals surface area contributed by atoms with Crippen LogP contribution in [0.3, 0.4) is 0 Å². The largest absolute Gasteiger partial charge is 0.492 e. The summed E-state index contributed by atoms with van der Waals surface area (Å²) in [5, 5.41) is 0. The van der Waals surface area contributed by atoms with Crippen molar-refractivity contribution in [3.8, 4) is 16.9 Å². The molecule has 0 atom stereocenters. The van der Waals surface area contributed by atoms with Crippen LogP contribution in [0.2, 0.25) is 0 Å². The van der Waals surface area contributed by atoms with Gasteiger partial charge in [0.1, 0.15) is 5.75 Å². The van der Waals surface area contributed by atoms with Gasteiger partial charge in [-0.2, -0.15) is 0 Å². The zero-order valence-corrected chi connectivity index (χ0v) is 8.08. The van der Waals surface area contributed by atoms with Crippen LogP contribution in [-0.2, 0) is 0 Å². The van der Waals surface area contributed by atoms with Crippen LogP contribution < -0.4 is 4.74 Å². The number of ether oxygens (including phenoxy) is 1. The Labute approximate surface area is 83.5 Å². The number of H-pyrrole nitrogens is 1. The van der Waals surface area contributed by atoms with Crippen molar-refractivity contribution >= 4 is 0 Å². The van der Waals surface area contributed by atoms with Crippen LogP contribution >= 0.6 is 0 Å². The third kappa shape index (κ3) is 1.64. The Morgan fingerprint density at radius 2 is 2.07 bits per heavy atom. The van der Waals surface area contributed by atoms with Gasteiger partial charge >= 0.3 is 0 Å². The number of rotatable bonds is 3. The molecular weight excluding hydrogens is 174 g/mol. The summed E-state index contributed by atoms with van der Waals surface area (Å²) >= 11 is 0. The first-order chi connectivity index (χ1) is 6.92. The second-order valence-electron chi connectivity index (χ2n) is 2.95. The van der Waals surface area contributed by atoms with Crippen molar-refractivity contribution in [2.24, 2.45) is 0 Å². The zero-order chi connectivity index (χ0) is 9.80. The van der Waals surface area contributed by atoms with Crippen molar-refractivity contribution in [3.05, 3.63) is 42.7 Å². The first-order valence-electron chi connectivity index (χ1n) is 4.69. The summed E-state index contributed by atoms with van der Waals surface area (Å²) in [6.45, 7) is 2.65. The van der Waals surface area contributed by atoms with E-state index in [4.69, 9.17) is 4.74 Å². The van der Waals surface area contributed by atoms with Gasteiger partial charge in [0.25, 0.3) is 0 Å². The lowest BCUT2D eigenvalue weighted by Gasteiger charge is -2.03. The number of hydrogen-bond acceptors (Lipinski definition) is 1. The first kappa shape index (κ1) is 8.88.